The lowest BCUT2D eigenvalue weighted by molar-refractivity contribution is -0.143. The fourth-order valence-corrected chi connectivity index (χ4v) is 4.16. The maximum atomic E-state index is 14.2. The Balaban J connectivity index is 1.94. The molecule has 0 bridgehead atoms. The van der Waals surface area contributed by atoms with Crippen LogP contribution in [-0.4, -0.2) is 44.5 Å². The fourth-order valence-electron chi connectivity index (χ4n) is 3.22. The van der Waals surface area contributed by atoms with E-state index < -0.39 is 33.5 Å². The molecular weight excluding hydrogens is 371 g/mol. The number of piperazine rings is 1. The number of carbonyl (C=O) groups excluding carboxylic acids is 2. The first-order valence-corrected chi connectivity index (χ1v) is 10.3. The highest BCUT2D eigenvalue weighted by Gasteiger charge is 2.36. The Hall–Kier alpha value is -2.74. The molecule has 1 heterocycles. The van der Waals surface area contributed by atoms with Gasteiger partial charge in [-0.3, -0.25) is 9.59 Å². The van der Waals surface area contributed by atoms with Gasteiger partial charge in [0.15, 0.2) is 9.84 Å². The molecule has 142 valence electrons. The average molecular weight is 390 g/mol. The lowest BCUT2D eigenvalue weighted by Gasteiger charge is -2.35. The normalized spacial score (nSPS) is 17.5. The number of benzene rings is 2. The van der Waals surface area contributed by atoms with Gasteiger partial charge >= 0.3 is 0 Å². The Morgan fingerprint density at radius 2 is 1.85 bits per heavy atom. The van der Waals surface area contributed by atoms with Gasteiger partial charge in [-0.15, -0.1) is 0 Å². The summed E-state index contributed by atoms with van der Waals surface area (Å²) in [4.78, 5) is 26.7. The van der Waals surface area contributed by atoms with Crippen molar-refractivity contribution >= 4 is 21.7 Å². The van der Waals surface area contributed by atoms with Crippen LogP contribution < -0.4 is 5.32 Å². The van der Waals surface area contributed by atoms with Crippen molar-refractivity contribution in [3.8, 4) is 0 Å². The second kappa shape index (κ2) is 7.48. The number of sulfone groups is 1. The van der Waals surface area contributed by atoms with Crippen molar-refractivity contribution in [2.75, 3.05) is 19.3 Å². The number of hydrogen-bond acceptors (Lipinski definition) is 4. The summed E-state index contributed by atoms with van der Waals surface area (Å²) in [7, 11) is -3.50. The summed E-state index contributed by atoms with van der Waals surface area (Å²) < 4.78 is 38.1. The minimum atomic E-state index is -3.50. The molecule has 3 rings (SSSR count). The highest BCUT2D eigenvalue weighted by atomic mass is 32.2. The molecule has 0 saturated carbocycles. The number of nitrogens with one attached hydrogen (secondary N) is 1. The molecule has 1 aliphatic rings. The molecule has 2 aromatic carbocycles. The van der Waals surface area contributed by atoms with Crippen LogP contribution in [0.15, 0.2) is 53.4 Å². The molecule has 2 aromatic rings. The van der Waals surface area contributed by atoms with Gasteiger partial charge < -0.3 is 10.2 Å². The van der Waals surface area contributed by atoms with Gasteiger partial charge in [-0.25, -0.2) is 12.8 Å². The standard InChI is InChI=1S/C19H19FN2O4S/c1-27(25,26)16-9-5-2-6-13(16)12-17(23)22-11-10-21-19(24)18(22)14-7-3-4-8-15(14)20/h2-9,18H,10-12H2,1H3,(H,21,24). The third-order valence-corrected chi connectivity index (χ3v) is 5.64. The molecule has 2 amide bonds. The van der Waals surface area contributed by atoms with E-state index in [0.29, 0.717) is 5.56 Å². The summed E-state index contributed by atoms with van der Waals surface area (Å²) in [6.45, 7) is 0.466. The molecular formula is C19H19FN2O4S. The van der Waals surface area contributed by atoms with Crippen molar-refractivity contribution in [2.45, 2.75) is 17.4 Å². The summed E-state index contributed by atoms with van der Waals surface area (Å²) in [5.74, 6) is -1.47. The summed E-state index contributed by atoms with van der Waals surface area (Å²) in [6.07, 6.45) is 0.883. The van der Waals surface area contributed by atoms with Crippen molar-refractivity contribution < 1.29 is 22.4 Å². The van der Waals surface area contributed by atoms with Gasteiger partial charge in [0, 0.05) is 24.9 Å². The van der Waals surface area contributed by atoms with E-state index in [-0.39, 0.29) is 30.0 Å². The van der Waals surface area contributed by atoms with Crippen molar-refractivity contribution in [1.82, 2.24) is 10.2 Å². The van der Waals surface area contributed by atoms with Gasteiger partial charge in [0.25, 0.3) is 0 Å². The predicted octanol–water partition coefficient (Wildman–Crippen LogP) is 1.47. The van der Waals surface area contributed by atoms with E-state index in [1.165, 1.54) is 29.2 Å². The molecule has 0 radical (unpaired) electrons. The number of rotatable bonds is 4. The van der Waals surface area contributed by atoms with Crippen molar-refractivity contribution in [3.05, 3.63) is 65.5 Å². The van der Waals surface area contributed by atoms with Crippen molar-refractivity contribution in [3.63, 3.8) is 0 Å². The third-order valence-electron chi connectivity index (χ3n) is 4.45. The number of carbonyl (C=O) groups is 2. The number of amides is 2. The van der Waals surface area contributed by atoms with Crippen molar-refractivity contribution in [1.29, 1.82) is 0 Å². The predicted molar refractivity (Wildman–Crippen MR) is 97.1 cm³/mol. The van der Waals surface area contributed by atoms with E-state index in [1.54, 1.807) is 24.3 Å². The van der Waals surface area contributed by atoms with Gasteiger partial charge in [0.1, 0.15) is 11.9 Å². The van der Waals surface area contributed by atoms with Crippen LogP contribution >= 0.6 is 0 Å². The van der Waals surface area contributed by atoms with E-state index in [1.807, 2.05) is 0 Å². The summed E-state index contributed by atoms with van der Waals surface area (Å²) in [6, 6.07) is 11.0. The zero-order valence-corrected chi connectivity index (χ0v) is 15.5. The zero-order valence-electron chi connectivity index (χ0n) is 14.7. The highest BCUT2D eigenvalue weighted by molar-refractivity contribution is 7.90. The Kier molecular flexibility index (Phi) is 5.27. The Bertz CT molecular complexity index is 991. The molecule has 27 heavy (non-hydrogen) atoms. The van der Waals surface area contributed by atoms with Crippen LogP contribution in [0.4, 0.5) is 4.39 Å². The fraction of sp³-hybridized carbons (Fsp3) is 0.263. The van der Waals surface area contributed by atoms with Crippen LogP contribution in [0.2, 0.25) is 0 Å². The second-order valence-corrected chi connectivity index (χ2v) is 8.34. The van der Waals surface area contributed by atoms with Crippen molar-refractivity contribution in [2.24, 2.45) is 0 Å². The number of hydrogen-bond donors (Lipinski definition) is 1. The average Bonchev–Trinajstić information content (AvgIpc) is 2.62. The molecule has 1 fully saturated rings. The Morgan fingerprint density at radius 3 is 2.56 bits per heavy atom. The molecule has 0 spiro atoms. The van der Waals surface area contributed by atoms with Gasteiger partial charge in [0.05, 0.1) is 11.3 Å². The number of halogens is 1. The lowest BCUT2D eigenvalue weighted by atomic mass is 10.0. The SMILES string of the molecule is CS(=O)(=O)c1ccccc1CC(=O)N1CCNC(=O)C1c1ccccc1F. The maximum Gasteiger partial charge on any atom is 0.247 e. The van der Waals surface area contributed by atoms with Crippen LogP contribution in [0.3, 0.4) is 0 Å². The minimum absolute atomic E-state index is 0.0715. The van der Waals surface area contributed by atoms with Crippen LogP contribution in [0.25, 0.3) is 0 Å². The first kappa shape index (κ1) is 19.0. The topological polar surface area (TPSA) is 83.6 Å². The van der Waals surface area contributed by atoms with E-state index in [0.717, 1.165) is 6.26 Å². The largest absolute Gasteiger partial charge is 0.352 e. The first-order valence-electron chi connectivity index (χ1n) is 8.38. The van der Waals surface area contributed by atoms with Gasteiger partial charge in [-0.2, -0.15) is 0 Å². The van der Waals surface area contributed by atoms with Gasteiger partial charge in [0.2, 0.25) is 11.8 Å². The Morgan fingerprint density at radius 1 is 1.19 bits per heavy atom. The van der Waals surface area contributed by atoms with Crippen LogP contribution in [0, 0.1) is 5.82 Å². The molecule has 0 aromatic heterocycles. The molecule has 6 nitrogen and oxygen atoms in total. The smallest absolute Gasteiger partial charge is 0.247 e. The minimum Gasteiger partial charge on any atom is -0.352 e. The van der Waals surface area contributed by atoms with Gasteiger partial charge in [-0.1, -0.05) is 36.4 Å². The van der Waals surface area contributed by atoms with Crippen LogP contribution in [0.1, 0.15) is 17.2 Å². The molecule has 0 aliphatic carbocycles. The van der Waals surface area contributed by atoms with Gasteiger partial charge in [-0.05, 0) is 17.7 Å². The summed E-state index contributed by atoms with van der Waals surface area (Å²) in [5.41, 5.74) is 0.461. The maximum absolute atomic E-state index is 14.2. The number of nitrogens with zero attached hydrogens (tertiary/aromatic N) is 1. The zero-order chi connectivity index (χ0) is 19.6. The first-order chi connectivity index (χ1) is 12.8. The molecule has 1 saturated heterocycles. The summed E-state index contributed by atoms with van der Waals surface area (Å²) in [5, 5.41) is 2.65. The molecule has 1 aliphatic heterocycles. The molecule has 1 unspecified atom stereocenters. The highest BCUT2D eigenvalue weighted by Crippen LogP contribution is 2.27. The third kappa shape index (κ3) is 4.00. The molecule has 8 heteroatoms. The van der Waals surface area contributed by atoms with E-state index in [4.69, 9.17) is 0 Å². The van der Waals surface area contributed by atoms with Crippen LogP contribution in [0.5, 0.6) is 0 Å². The monoisotopic (exact) mass is 390 g/mol. The molecule has 1 atom stereocenters. The quantitative estimate of drug-likeness (QED) is 0.857. The molecule has 1 N–H and O–H groups in total. The van der Waals surface area contributed by atoms with E-state index in [9.17, 15) is 22.4 Å². The van der Waals surface area contributed by atoms with E-state index in [2.05, 4.69) is 5.32 Å². The summed E-state index contributed by atoms with van der Waals surface area (Å²) >= 11 is 0. The van der Waals surface area contributed by atoms with Crippen LogP contribution in [-0.2, 0) is 25.8 Å². The Labute approximate surface area is 156 Å². The lowest BCUT2D eigenvalue weighted by Crippen LogP contribution is -2.52. The van der Waals surface area contributed by atoms with E-state index >= 15 is 0 Å². The second-order valence-electron chi connectivity index (χ2n) is 6.36.